The van der Waals surface area contributed by atoms with Crippen LogP contribution in [0.3, 0.4) is 0 Å². The maximum absolute atomic E-state index is 12.9. The van der Waals surface area contributed by atoms with Gasteiger partial charge in [0.15, 0.2) is 0 Å². The number of benzene rings is 1. The van der Waals surface area contributed by atoms with Crippen molar-refractivity contribution >= 4 is 11.7 Å². The number of hydrogen-bond acceptors (Lipinski definition) is 2. The smallest absolute Gasteiger partial charge is 0.325 e. The third-order valence-electron chi connectivity index (χ3n) is 2.72. The molecular weight excluding hydrogens is 283 g/mol. The Bertz CT molecular complexity index is 542. The van der Waals surface area contributed by atoms with Crippen molar-refractivity contribution in [3.8, 4) is 6.07 Å². The summed E-state index contributed by atoms with van der Waals surface area (Å²) in [5.41, 5.74) is -0.623. The molecule has 0 fully saturated rings. The molecule has 0 bridgehead atoms. The molecule has 0 unspecified atom stereocenters. The number of amides is 2. The van der Waals surface area contributed by atoms with Gasteiger partial charge in [-0.25, -0.2) is 4.79 Å². The van der Waals surface area contributed by atoms with Crippen molar-refractivity contribution in [3.05, 3.63) is 29.8 Å². The highest BCUT2D eigenvalue weighted by atomic mass is 19.4. The highest BCUT2D eigenvalue weighted by Gasteiger charge is 2.47. The largest absolute Gasteiger partial charge is 0.409 e. The molecule has 1 rings (SSSR count). The number of rotatable bonds is 2. The van der Waals surface area contributed by atoms with Crippen molar-refractivity contribution in [1.82, 2.24) is 5.32 Å². The van der Waals surface area contributed by atoms with Crippen LogP contribution in [0.4, 0.5) is 23.7 Å². The van der Waals surface area contributed by atoms with Gasteiger partial charge in [-0.1, -0.05) is 26.8 Å². The Labute approximate surface area is 121 Å². The average Bonchev–Trinajstić information content (AvgIpc) is 2.33. The number of nitriles is 1. The predicted octanol–water partition coefficient (Wildman–Crippen LogP) is 3.66. The summed E-state index contributed by atoms with van der Waals surface area (Å²) < 4.78 is 38.8. The summed E-state index contributed by atoms with van der Waals surface area (Å²) in [5, 5.41) is 12.9. The number of carbonyl (C=O) groups is 1. The maximum atomic E-state index is 12.9. The lowest BCUT2D eigenvalue weighted by atomic mass is 9.86. The average molecular weight is 299 g/mol. The van der Waals surface area contributed by atoms with Crippen molar-refractivity contribution in [2.24, 2.45) is 5.41 Å². The molecule has 0 heterocycles. The summed E-state index contributed by atoms with van der Waals surface area (Å²) in [7, 11) is 0. The number of anilines is 1. The molecule has 0 aromatic heterocycles. The summed E-state index contributed by atoms with van der Waals surface area (Å²) in [6, 6.07) is 4.84. The fourth-order valence-electron chi connectivity index (χ4n) is 1.75. The standard InChI is InChI=1S/C14H16F3N3O/c1-13(2,3)11(14(15,16)17)20-12(21)19-10-6-4-5-9(7-10)8-18/h4-7,11H,1-3H3,(H2,19,20,21)/t11-/m0/s1. The molecule has 114 valence electrons. The Kier molecular flexibility index (Phi) is 4.84. The second-order valence-electron chi connectivity index (χ2n) is 5.63. The minimum absolute atomic E-state index is 0.251. The lowest BCUT2D eigenvalue weighted by Crippen LogP contribution is -2.54. The van der Waals surface area contributed by atoms with E-state index in [-0.39, 0.29) is 5.69 Å². The van der Waals surface area contributed by atoms with Crippen molar-refractivity contribution in [2.45, 2.75) is 33.0 Å². The van der Waals surface area contributed by atoms with Crippen molar-refractivity contribution in [3.63, 3.8) is 0 Å². The number of alkyl halides is 3. The Morgan fingerprint density at radius 1 is 1.29 bits per heavy atom. The Balaban J connectivity index is 2.82. The lowest BCUT2D eigenvalue weighted by molar-refractivity contribution is -0.174. The SMILES string of the molecule is CC(C)(C)[C@H](NC(=O)Nc1cccc(C#N)c1)C(F)(F)F. The second kappa shape index (κ2) is 6.04. The molecule has 0 aliphatic rings. The Morgan fingerprint density at radius 2 is 1.90 bits per heavy atom. The van der Waals surface area contributed by atoms with Crippen LogP contribution in [0, 0.1) is 16.7 Å². The van der Waals surface area contributed by atoms with Crippen LogP contribution in [0.15, 0.2) is 24.3 Å². The van der Waals surface area contributed by atoms with Gasteiger partial charge in [-0.3, -0.25) is 0 Å². The minimum Gasteiger partial charge on any atom is -0.325 e. The van der Waals surface area contributed by atoms with Crippen LogP contribution >= 0.6 is 0 Å². The van der Waals surface area contributed by atoms with Crippen molar-refractivity contribution in [2.75, 3.05) is 5.32 Å². The fourth-order valence-corrected chi connectivity index (χ4v) is 1.75. The van der Waals surface area contributed by atoms with Crippen LogP contribution < -0.4 is 10.6 Å². The third kappa shape index (κ3) is 4.99. The minimum atomic E-state index is -4.55. The van der Waals surface area contributed by atoms with E-state index >= 15 is 0 Å². The van der Waals surface area contributed by atoms with Gasteiger partial charge in [-0.2, -0.15) is 18.4 Å². The van der Waals surface area contributed by atoms with E-state index in [0.29, 0.717) is 5.56 Å². The van der Waals surface area contributed by atoms with Crippen molar-refractivity contribution < 1.29 is 18.0 Å². The first kappa shape index (κ1) is 16.8. The van der Waals surface area contributed by atoms with E-state index < -0.39 is 23.7 Å². The summed E-state index contributed by atoms with van der Waals surface area (Å²) in [6.45, 7) is 4.17. The van der Waals surface area contributed by atoms with E-state index in [1.54, 1.807) is 0 Å². The van der Waals surface area contributed by atoms with Crippen LogP contribution in [0.2, 0.25) is 0 Å². The molecule has 0 saturated heterocycles. The summed E-state index contributed by atoms with van der Waals surface area (Å²) in [6.07, 6.45) is -4.55. The molecule has 0 radical (unpaired) electrons. The van der Waals surface area contributed by atoms with Gasteiger partial charge in [-0.15, -0.1) is 0 Å². The molecule has 1 atom stereocenters. The van der Waals surface area contributed by atoms with E-state index in [1.165, 1.54) is 45.0 Å². The van der Waals surface area contributed by atoms with E-state index in [0.717, 1.165) is 0 Å². The Hall–Kier alpha value is -2.23. The topological polar surface area (TPSA) is 64.9 Å². The normalized spacial score (nSPS) is 13.2. The van der Waals surface area contributed by atoms with E-state index in [9.17, 15) is 18.0 Å². The first-order valence-corrected chi connectivity index (χ1v) is 6.18. The molecule has 0 aliphatic carbocycles. The van der Waals surface area contributed by atoms with Crippen LogP contribution in [-0.2, 0) is 0 Å². The number of carbonyl (C=O) groups excluding carboxylic acids is 1. The van der Waals surface area contributed by atoms with Gasteiger partial charge in [0.25, 0.3) is 0 Å². The quantitative estimate of drug-likeness (QED) is 0.875. The molecule has 2 N–H and O–H groups in total. The summed E-state index contributed by atoms with van der Waals surface area (Å²) in [4.78, 5) is 11.7. The molecule has 1 aromatic rings. The van der Waals surface area contributed by atoms with Gasteiger partial charge in [0.05, 0.1) is 11.6 Å². The van der Waals surface area contributed by atoms with Gasteiger partial charge in [0.2, 0.25) is 0 Å². The van der Waals surface area contributed by atoms with Gasteiger partial charge in [0, 0.05) is 5.69 Å². The first-order valence-electron chi connectivity index (χ1n) is 6.18. The van der Waals surface area contributed by atoms with Crippen molar-refractivity contribution in [1.29, 1.82) is 5.26 Å². The predicted molar refractivity (Wildman–Crippen MR) is 72.6 cm³/mol. The monoisotopic (exact) mass is 299 g/mol. The molecule has 21 heavy (non-hydrogen) atoms. The number of urea groups is 1. The molecule has 1 aromatic carbocycles. The van der Waals surface area contributed by atoms with Gasteiger partial charge in [0.1, 0.15) is 6.04 Å². The van der Waals surface area contributed by atoms with Crippen LogP contribution in [0.1, 0.15) is 26.3 Å². The first-order chi connectivity index (χ1) is 9.54. The summed E-state index contributed by atoms with van der Waals surface area (Å²) in [5.74, 6) is 0. The van der Waals surface area contributed by atoms with E-state index in [2.05, 4.69) is 5.32 Å². The zero-order valence-electron chi connectivity index (χ0n) is 11.9. The summed E-state index contributed by atoms with van der Waals surface area (Å²) >= 11 is 0. The molecule has 0 aliphatic heterocycles. The lowest BCUT2D eigenvalue weighted by Gasteiger charge is -2.32. The Morgan fingerprint density at radius 3 is 2.38 bits per heavy atom. The van der Waals surface area contributed by atoms with Crippen LogP contribution in [0.5, 0.6) is 0 Å². The number of nitrogens with zero attached hydrogens (tertiary/aromatic N) is 1. The number of nitrogens with one attached hydrogen (secondary N) is 2. The number of halogens is 3. The number of hydrogen-bond donors (Lipinski definition) is 2. The fraction of sp³-hybridized carbons (Fsp3) is 0.429. The van der Waals surface area contributed by atoms with Crippen LogP contribution in [0.25, 0.3) is 0 Å². The highest BCUT2D eigenvalue weighted by molar-refractivity contribution is 5.89. The zero-order chi connectivity index (χ0) is 16.3. The van der Waals surface area contributed by atoms with Gasteiger partial charge < -0.3 is 10.6 Å². The molecule has 7 heteroatoms. The zero-order valence-corrected chi connectivity index (χ0v) is 11.9. The molecular formula is C14H16F3N3O. The molecule has 2 amide bonds. The molecule has 0 spiro atoms. The van der Waals surface area contributed by atoms with Gasteiger partial charge in [-0.05, 0) is 23.6 Å². The highest BCUT2D eigenvalue weighted by Crippen LogP contribution is 2.33. The van der Waals surface area contributed by atoms with Crippen LogP contribution in [-0.4, -0.2) is 18.2 Å². The van der Waals surface area contributed by atoms with E-state index in [4.69, 9.17) is 5.26 Å². The third-order valence-corrected chi connectivity index (χ3v) is 2.72. The van der Waals surface area contributed by atoms with E-state index in [1.807, 2.05) is 11.4 Å². The molecule has 4 nitrogen and oxygen atoms in total. The molecule has 0 saturated carbocycles. The maximum Gasteiger partial charge on any atom is 0.409 e. The van der Waals surface area contributed by atoms with Gasteiger partial charge >= 0.3 is 12.2 Å². The second-order valence-corrected chi connectivity index (χ2v) is 5.63.